The van der Waals surface area contributed by atoms with Crippen LogP contribution < -0.4 is 14.2 Å². The van der Waals surface area contributed by atoms with Crippen molar-refractivity contribution in [2.24, 2.45) is 0 Å². The fraction of sp³-hybridized carbons (Fsp3) is 0.333. The van der Waals surface area contributed by atoms with Crippen LogP contribution in [0.5, 0.6) is 23.0 Å². The van der Waals surface area contributed by atoms with Crippen molar-refractivity contribution >= 4 is 31.9 Å². The molecule has 0 saturated carbocycles. The normalized spacial score (nSPS) is 10.8. The Labute approximate surface area is 172 Å². The molecular formula is C21H24Br2O3. The summed E-state index contributed by atoms with van der Waals surface area (Å²) in [5, 5.41) is 0. The van der Waals surface area contributed by atoms with Crippen molar-refractivity contribution in [2.75, 3.05) is 6.61 Å². The Morgan fingerprint density at radius 3 is 2.35 bits per heavy atom. The molecule has 3 nitrogen and oxygen atoms in total. The molecule has 0 unspecified atom stereocenters. The third-order valence-corrected chi connectivity index (χ3v) is 4.14. The minimum atomic E-state index is 0.126. The summed E-state index contributed by atoms with van der Waals surface area (Å²) in [6.07, 6.45) is 2.03. The molecule has 0 heterocycles. The molecule has 0 bridgehead atoms. The molecule has 140 valence electrons. The summed E-state index contributed by atoms with van der Waals surface area (Å²) in [5.74, 6) is 3.50. The minimum Gasteiger partial charge on any atom is -0.491 e. The lowest BCUT2D eigenvalue weighted by molar-refractivity contribution is 0.241. The fourth-order valence-corrected chi connectivity index (χ4v) is 2.64. The van der Waals surface area contributed by atoms with Crippen LogP contribution in [0.4, 0.5) is 0 Å². The van der Waals surface area contributed by atoms with Gasteiger partial charge in [0, 0.05) is 11.6 Å². The highest BCUT2D eigenvalue weighted by Gasteiger charge is 2.11. The van der Waals surface area contributed by atoms with Gasteiger partial charge in [0.05, 0.1) is 9.50 Å². The van der Waals surface area contributed by atoms with Gasteiger partial charge in [-0.15, -0.1) is 0 Å². The predicted octanol–water partition coefficient (Wildman–Crippen LogP) is 7.40. The number of hydrogen-bond donors (Lipinski definition) is 0. The Balaban J connectivity index is 2.19. The molecule has 0 N–H and O–H groups in total. The molecule has 0 amide bonds. The third kappa shape index (κ3) is 6.69. The number of hydrogen-bond acceptors (Lipinski definition) is 3. The van der Waals surface area contributed by atoms with E-state index in [1.165, 1.54) is 0 Å². The lowest BCUT2D eigenvalue weighted by Gasteiger charge is -2.16. The molecule has 0 aliphatic heterocycles. The lowest BCUT2D eigenvalue weighted by atomic mass is 10.0. The molecule has 0 atom stereocenters. The average molecular weight is 484 g/mol. The summed E-state index contributed by atoms with van der Waals surface area (Å²) in [4.78, 5) is 0. The van der Waals surface area contributed by atoms with Crippen LogP contribution in [-0.4, -0.2) is 12.7 Å². The Kier molecular flexibility index (Phi) is 8.04. The maximum Gasteiger partial charge on any atom is 0.131 e. The second kappa shape index (κ2) is 10.0. The van der Waals surface area contributed by atoms with Gasteiger partial charge in [-0.1, -0.05) is 19.9 Å². The molecular weight excluding hydrogens is 460 g/mol. The first kappa shape index (κ1) is 20.8. The Bertz CT molecular complexity index is 751. The van der Waals surface area contributed by atoms with E-state index in [0.717, 1.165) is 32.0 Å². The van der Waals surface area contributed by atoms with E-state index in [1.54, 1.807) is 0 Å². The van der Waals surface area contributed by atoms with Crippen LogP contribution in [-0.2, 0) is 0 Å². The summed E-state index contributed by atoms with van der Waals surface area (Å²) >= 11 is 6.64. The van der Waals surface area contributed by atoms with Gasteiger partial charge >= 0.3 is 0 Å². The van der Waals surface area contributed by atoms with Gasteiger partial charge in [0.1, 0.15) is 29.6 Å². The number of ether oxygens (including phenoxy) is 3. The fourth-order valence-electron chi connectivity index (χ4n) is 2.37. The second-order valence-electron chi connectivity index (χ2n) is 6.40. The highest BCUT2D eigenvalue weighted by atomic mass is 79.9. The minimum absolute atomic E-state index is 0.126. The van der Waals surface area contributed by atoms with Crippen molar-refractivity contribution in [2.45, 2.75) is 39.7 Å². The van der Waals surface area contributed by atoms with Gasteiger partial charge in [-0.3, -0.25) is 0 Å². The molecule has 2 aromatic rings. The molecule has 2 rings (SSSR count). The first-order chi connectivity index (χ1) is 12.3. The van der Waals surface area contributed by atoms with Gasteiger partial charge in [-0.2, -0.15) is 0 Å². The maximum absolute atomic E-state index is 6.13. The zero-order chi connectivity index (χ0) is 19.1. The molecule has 5 heteroatoms. The number of benzene rings is 2. The maximum atomic E-state index is 6.13. The standard InChI is InChI=1S/C21H24Br2O3/c1-14(2)19-13-16(24-11-10-21(22)23)8-9-20(19)26-18-7-5-6-17(12-18)25-15(3)4/h5-10,12-15H,11H2,1-4H3. The monoisotopic (exact) mass is 482 g/mol. The molecule has 0 fully saturated rings. The van der Waals surface area contributed by atoms with Crippen LogP contribution in [0.25, 0.3) is 0 Å². The first-order valence-corrected chi connectivity index (χ1v) is 10.2. The molecule has 0 aliphatic rings. The molecule has 0 radical (unpaired) electrons. The van der Waals surface area contributed by atoms with Crippen LogP contribution in [0.15, 0.2) is 51.9 Å². The van der Waals surface area contributed by atoms with Gasteiger partial charge in [0.15, 0.2) is 0 Å². The summed E-state index contributed by atoms with van der Waals surface area (Å²) in [6, 6.07) is 13.6. The van der Waals surface area contributed by atoms with Crippen LogP contribution in [0.2, 0.25) is 0 Å². The van der Waals surface area contributed by atoms with E-state index in [0.29, 0.717) is 12.5 Å². The Morgan fingerprint density at radius 1 is 0.962 bits per heavy atom. The predicted molar refractivity (Wildman–Crippen MR) is 114 cm³/mol. The van der Waals surface area contributed by atoms with Crippen molar-refractivity contribution in [1.29, 1.82) is 0 Å². The van der Waals surface area contributed by atoms with E-state index < -0.39 is 0 Å². The van der Waals surface area contributed by atoms with Gasteiger partial charge in [-0.05, 0) is 88.0 Å². The van der Waals surface area contributed by atoms with Crippen LogP contribution in [0.1, 0.15) is 39.2 Å². The molecule has 2 aromatic carbocycles. The Hall–Kier alpha value is -1.46. The first-order valence-electron chi connectivity index (χ1n) is 8.57. The SMILES string of the molecule is CC(C)Oc1cccc(Oc2ccc(OCC=C(Br)Br)cc2C(C)C)c1. The smallest absolute Gasteiger partial charge is 0.131 e. The van der Waals surface area contributed by atoms with E-state index in [2.05, 4.69) is 45.7 Å². The van der Waals surface area contributed by atoms with E-state index in [1.807, 2.05) is 62.4 Å². The van der Waals surface area contributed by atoms with E-state index in [4.69, 9.17) is 14.2 Å². The lowest BCUT2D eigenvalue weighted by Crippen LogP contribution is -2.05. The van der Waals surface area contributed by atoms with Crippen LogP contribution in [0, 0.1) is 0 Å². The van der Waals surface area contributed by atoms with Crippen LogP contribution in [0.3, 0.4) is 0 Å². The van der Waals surface area contributed by atoms with Crippen molar-refractivity contribution in [3.05, 3.63) is 57.5 Å². The Morgan fingerprint density at radius 2 is 1.69 bits per heavy atom. The summed E-state index contributed by atoms with van der Waals surface area (Å²) in [7, 11) is 0. The third-order valence-electron chi connectivity index (χ3n) is 3.50. The zero-order valence-electron chi connectivity index (χ0n) is 15.5. The van der Waals surface area contributed by atoms with E-state index >= 15 is 0 Å². The quantitative estimate of drug-likeness (QED) is 0.391. The highest BCUT2D eigenvalue weighted by Crippen LogP contribution is 2.34. The van der Waals surface area contributed by atoms with E-state index in [-0.39, 0.29) is 6.10 Å². The van der Waals surface area contributed by atoms with Crippen molar-refractivity contribution < 1.29 is 14.2 Å². The molecule has 0 saturated heterocycles. The van der Waals surface area contributed by atoms with Crippen molar-refractivity contribution in [1.82, 2.24) is 0 Å². The van der Waals surface area contributed by atoms with E-state index in [9.17, 15) is 0 Å². The zero-order valence-corrected chi connectivity index (χ0v) is 18.6. The molecule has 0 aliphatic carbocycles. The van der Waals surface area contributed by atoms with Gasteiger partial charge in [-0.25, -0.2) is 0 Å². The topological polar surface area (TPSA) is 27.7 Å². The van der Waals surface area contributed by atoms with Gasteiger partial charge < -0.3 is 14.2 Å². The summed E-state index contributed by atoms with van der Waals surface area (Å²) < 4.78 is 18.5. The number of halogens is 2. The number of rotatable bonds is 8. The van der Waals surface area contributed by atoms with Gasteiger partial charge in [0.2, 0.25) is 0 Å². The molecule has 0 spiro atoms. The van der Waals surface area contributed by atoms with Gasteiger partial charge in [0.25, 0.3) is 0 Å². The van der Waals surface area contributed by atoms with Crippen molar-refractivity contribution in [3.8, 4) is 23.0 Å². The second-order valence-corrected chi connectivity index (χ2v) is 9.18. The molecule has 0 aromatic heterocycles. The average Bonchev–Trinajstić information content (AvgIpc) is 2.55. The largest absolute Gasteiger partial charge is 0.491 e. The van der Waals surface area contributed by atoms with Crippen molar-refractivity contribution in [3.63, 3.8) is 0 Å². The highest BCUT2D eigenvalue weighted by molar-refractivity contribution is 9.28. The molecule has 26 heavy (non-hydrogen) atoms. The summed E-state index contributed by atoms with van der Waals surface area (Å²) in [6.45, 7) is 8.77. The summed E-state index contributed by atoms with van der Waals surface area (Å²) in [5.41, 5.74) is 1.10. The van der Waals surface area contributed by atoms with Crippen LogP contribution >= 0.6 is 31.9 Å².